The molecule has 0 radical (unpaired) electrons. The highest BCUT2D eigenvalue weighted by atomic mass is 16.5. The van der Waals surface area contributed by atoms with Crippen molar-refractivity contribution in [2.45, 2.75) is 52.1 Å². The Labute approximate surface area is 110 Å². The number of unbranched alkanes of at least 4 members (excludes halogenated alkanes) is 5. The molecule has 0 bridgehead atoms. The van der Waals surface area contributed by atoms with Gasteiger partial charge in [-0.05, 0) is 12.5 Å². The molecule has 0 spiro atoms. The minimum atomic E-state index is 0.572. The van der Waals surface area contributed by atoms with Crippen molar-refractivity contribution in [2.75, 3.05) is 12.0 Å². The first-order valence-corrected chi connectivity index (χ1v) is 6.86. The van der Waals surface area contributed by atoms with Gasteiger partial charge in [-0.2, -0.15) is 0 Å². The third-order valence-corrected chi connectivity index (χ3v) is 2.93. The van der Waals surface area contributed by atoms with Crippen molar-refractivity contribution in [3.8, 4) is 0 Å². The predicted octanol–water partition coefficient (Wildman–Crippen LogP) is 3.24. The van der Waals surface area contributed by atoms with Gasteiger partial charge in [0.15, 0.2) is 0 Å². The summed E-state index contributed by atoms with van der Waals surface area (Å²) >= 11 is 0. The van der Waals surface area contributed by atoms with Crippen molar-refractivity contribution in [3.05, 3.63) is 23.9 Å². The van der Waals surface area contributed by atoms with E-state index in [4.69, 9.17) is 10.6 Å². The molecular weight excluding hydrogens is 226 g/mol. The van der Waals surface area contributed by atoms with Crippen molar-refractivity contribution in [3.63, 3.8) is 0 Å². The molecule has 0 aliphatic rings. The van der Waals surface area contributed by atoms with Crippen LogP contribution in [-0.4, -0.2) is 11.6 Å². The third-order valence-electron chi connectivity index (χ3n) is 2.93. The third kappa shape index (κ3) is 5.98. The topological polar surface area (TPSA) is 60.2 Å². The van der Waals surface area contributed by atoms with Gasteiger partial charge < -0.3 is 10.2 Å². The summed E-state index contributed by atoms with van der Waals surface area (Å²) in [7, 11) is 0. The van der Waals surface area contributed by atoms with E-state index < -0.39 is 0 Å². The van der Waals surface area contributed by atoms with Crippen LogP contribution in [0, 0.1) is 0 Å². The minimum Gasteiger partial charge on any atom is -0.377 e. The van der Waals surface area contributed by atoms with Gasteiger partial charge in [0, 0.05) is 18.4 Å². The quantitative estimate of drug-likeness (QED) is 0.381. The fourth-order valence-corrected chi connectivity index (χ4v) is 1.85. The molecule has 0 unspecified atom stereocenters. The Bertz CT molecular complexity index is 318. The summed E-state index contributed by atoms with van der Waals surface area (Å²) in [5.41, 5.74) is 3.59. The summed E-state index contributed by atoms with van der Waals surface area (Å²) in [4.78, 5) is 4.13. The first-order valence-electron chi connectivity index (χ1n) is 6.86. The van der Waals surface area contributed by atoms with Crippen LogP contribution in [0.25, 0.3) is 0 Å². The lowest BCUT2D eigenvalue weighted by Crippen LogP contribution is -2.11. The van der Waals surface area contributed by atoms with E-state index in [0.717, 1.165) is 18.6 Å². The summed E-state index contributed by atoms with van der Waals surface area (Å²) in [6, 6.07) is 3.87. The number of hydrogen-bond donors (Lipinski definition) is 2. The van der Waals surface area contributed by atoms with Gasteiger partial charge in [-0.1, -0.05) is 45.1 Å². The van der Waals surface area contributed by atoms with Crippen molar-refractivity contribution >= 4 is 5.82 Å². The molecule has 0 amide bonds. The fourth-order valence-electron chi connectivity index (χ4n) is 1.85. The largest absolute Gasteiger partial charge is 0.377 e. The number of ether oxygens (including phenoxy) is 1. The van der Waals surface area contributed by atoms with Crippen LogP contribution in [0.2, 0.25) is 0 Å². The molecule has 0 atom stereocenters. The molecular formula is C14H25N3O. The van der Waals surface area contributed by atoms with E-state index in [-0.39, 0.29) is 0 Å². The minimum absolute atomic E-state index is 0.572. The molecule has 4 nitrogen and oxygen atoms in total. The highest BCUT2D eigenvalue weighted by Crippen LogP contribution is 2.11. The van der Waals surface area contributed by atoms with Crippen molar-refractivity contribution in [1.29, 1.82) is 0 Å². The normalized spacial score (nSPS) is 10.6. The first kappa shape index (κ1) is 14.9. The maximum atomic E-state index is 5.63. The molecule has 1 aromatic rings. The maximum Gasteiger partial charge on any atom is 0.145 e. The fraction of sp³-hybridized carbons (Fsp3) is 0.643. The van der Waals surface area contributed by atoms with Gasteiger partial charge in [-0.3, -0.25) is 0 Å². The van der Waals surface area contributed by atoms with Crippen LogP contribution in [0.5, 0.6) is 0 Å². The molecule has 102 valence electrons. The van der Waals surface area contributed by atoms with E-state index in [1.165, 1.54) is 32.1 Å². The Morgan fingerprint density at radius 1 is 1.22 bits per heavy atom. The Morgan fingerprint density at radius 3 is 2.78 bits per heavy atom. The Balaban J connectivity index is 2.07. The maximum absolute atomic E-state index is 5.63. The van der Waals surface area contributed by atoms with E-state index in [1.54, 1.807) is 6.20 Å². The van der Waals surface area contributed by atoms with Crippen LogP contribution in [0.1, 0.15) is 51.0 Å². The van der Waals surface area contributed by atoms with Crippen LogP contribution in [0.3, 0.4) is 0 Å². The average molecular weight is 251 g/mol. The summed E-state index contributed by atoms with van der Waals surface area (Å²) in [5, 5.41) is 0. The summed E-state index contributed by atoms with van der Waals surface area (Å²) in [5.74, 6) is 6.08. The van der Waals surface area contributed by atoms with E-state index in [1.807, 2.05) is 12.1 Å². The zero-order valence-corrected chi connectivity index (χ0v) is 11.3. The van der Waals surface area contributed by atoms with Gasteiger partial charge in [-0.25, -0.2) is 10.8 Å². The zero-order valence-electron chi connectivity index (χ0n) is 11.3. The Morgan fingerprint density at radius 2 is 2.00 bits per heavy atom. The number of nitrogens with two attached hydrogens (primary N) is 1. The summed E-state index contributed by atoms with van der Waals surface area (Å²) in [6.07, 6.45) is 9.42. The second-order valence-electron chi connectivity index (χ2n) is 4.48. The van der Waals surface area contributed by atoms with Gasteiger partial charge in [0.2, 0.25) is 0 Å². The number of anilines is 1. The molecule has 18 heavy (non-hydrogen) atoms. The van der Waals surface area contributed by atoms with Gasteiger partial charge in [0.25, 0.3) is 0 Å². The molecule has 0 aromatic carbocycles. The predicted molar refractivity (Wildman–Crippen MR) is 75.1 cm³/mol. The number of nitrogen functional groups attached to an aromatic ring is 1. The highest BCUT2D eigenvalue weighted by molar-refractivity contribution is 5.41. The number of nitrogens with zero attached hydrogens (tertiary/aromatic N) is 1. The van der Waals surface area contributed by atoms with Crippen molar-refractivity contribution in [2.24, 2.45) is 5.84 Å². The molecule has 0 aliphatic carbocycles. The Hall–Kier alpha value is -1.13. The van der Waals surface area contributed by atoms with Gasteiger partial charge >= 0.3 is 0 Å². The number of nitrogens with one attached hydrogen (secondary N) is 1. The molecule has 0 fully saturated rings. The first-order chi connectivity index (χ1) is 8.88. The van der Waals surface area contributed by atoms with Crippen LogP contribution in [0.4, 0.5) is 5.82 Å². The molecule has 0 aliphatic heterocycles. The molecule has 0 saturated heterocycles. The molecule has 4 heteroatoms. The van der Waals surface area contributed by atoms with Crippen molar-refractivity contribution in [1.82, 2.24) is 4.98 Å². The molecule has 3 N–H and O–H groups in total. The van der Waals surface area contributed by atoms with Crippen LogP contribution in [-0.2, 0) is 11.3 Å². The Kier molecular flexibility index (Phi) is 8.17. The molecule has 1 aromatic heterocycles. The van der Waals surface area contributed by atoms with E-state index >= 15 is 0 Å². The van der Waals surface area contributed by atoms with Crippen LogP contribution in [0.15, 0.2) is 18.3 Å². The second kappa shape index (κ2) is 9.85. The number of hydrogen-bond acceptors (Lipinski definition) is 4. The van der Waals surface area contributed by atoms with E-state index in [2.05, 4.69) is 17.3 Å². The lowest BCUT2D eigenvalue weighted by molar-refractivity contribution is 0.117. The monoisotopic (exact) mass is 251 g/mol. The van der Waals surface area contributed by atoms with E-state index in [9.17, 15) is 0 Å². The van der Waals surface area contributed by atoms with E-state index in [0.29, 0.717) is 12.4 Å². The van der Waals surface area contributed by atoms with Gasteiger partial charge in [0.1, 0.15) is 5.82 Å². The smallest absolute Gasteiger partial charge is 0.145 e. The number of rotatable bonds is 10. The van der Waals surface area contributed by atoms with Gasteiger partial charge in [0.05, 0.1) is 6.61 Å². The zero-order chi connectivity index (χ0) is 13.1. The van der Waals surface area contributed by atoms with Gasteiger partial charge in [-0.15, -0.1) is 0 Å². The number of pyridine rings is 1. The lowest BCUT2D eigenvalue weighted by Gasteiger charge is -2.08. The lowest BCUT2D eigenvalue weighted by atomic mass is 10.1. The van der Waals surface area contributed by atoms with Crippen molar-refractivity contribution < 1.29 is 4.74 Å². The molecule has 1 heterocycles. The molecule has 1 rings (SSSR count). The highest BCUT2D eigenvalue weighted by Gasteiger charge is 2.01. The number of aromatic nitrogens is 1. The van der Waals surface area contributed by atoms with Crippen LogP contribution >= 0.6 is 0 Å². The SMILES string of the molecule is CCCCCCCCOCc1cccnc1NN. The molecule has 0 saturated carbocycles. The van der Waals surface area contributed by atoms with Crippen LogP contribution < -0.4 is 11.3 Å². The summed E-state index contributed by atoms with van der Waals surface area (Å²) in [6.45, 7) is 3.62. The summed E-state index contributed by atoms with van der Waals surface area (Å²) < 4.78 is 5.63. The standard InChI is InChI=1S/C14H25N3O/c1-2-3-4-5-6-7-11-18-12-13-9-8-10-16-14(13)17-15/h8-10H,2-7,11-12,15H2,1H3,(H,16,17). The average Bonchev–Trinajstić information content (AvgIpc) is 2.42. The number of hydrazine groups is 1. The second-order valence-corrected chi connectivity index (χ2v) is 4.48.